The average molecular weight is 196 g/mol. The smallest absolute Gasteiger partial charge is 0.352 e. The van der Waals surface area contributed by atoms with Crippen LogP contribution in [0.15, 0.2) is 12.1 Å². The minimum Gasteiger partial charge on any atom is -0.477 e. The molecule has 76 valence electrons. The second-order valence-corrected chi connectivity index (χ2v) is 3.03. The van der Waals surface area contributed by atoms with Crippen molar-refractivity contribution >= 4 is 11.9 Å². The molecular weight excluding hydrogens is 184 g/mol. The second kappa shape index (κ2) is 3.95. The summed E-state index contributed by atoms with van der Waals surface area (Å²) < 4.78 is 1.56. The Morgan fingerprint density at radius 1 is 1.50 bits per heavy atom. The van der Waals surface area contributed by atoms with Gasteiger partial charge in [0, 0.05) is 18.7 Å². The van der Waals surface area contributed by atoms with Crippen LogP contribution >= 0.6 is 0 Å². The Morgan fingerprint density at radius 2 is 2.14 bits per heavy atom. The van der Waals surface area contributed by atoms with E-state index in [1.807, 2.05) is 0 Å². The summed E-state index contributed by atoms with van der Waals surface area (Å²) in [7, 11) is 0. The van der Waals surface area contributed by atoms with Gasteiger partial charge in [0.25, 0.3) is 0 Å². The van der Waals surface area contributed by atoms with Crippen molar-refractivity contribution in [3.63, 3.8) is 0 Å². The van der Waals surface area contributed by atoms with Gasteiger partial charge in [0.15, 0.2) is 0 Å². The molecule has 0 atom stereocenters. The van der Waals surface area contributed by atoms with E-state index >= 15 is 0 Å². The molecule has 0 bridgehead atoms. The summed E-state index contributed by atoms with van der Waals surface area (Å²) in [6, 6.07) is 3.21. The van der Waals surface area contributed by atoms with Crippen LogP contribution in [0.4, 0.5) is 0 Å². The fraction of sp³-hybridized carbons (Fsp3) is 0.333. The number of carboxylic acids is 1. The van der Waals surface area contributed by atoms with Crippen molar-refractivity contribution < 1.29 is 14.7 Å². The van der Waals surface area contributed by atoms with Gasteiger partial charge < -0.3 is 15.4 Å². The van der Waals surface area contributed by atoms with Gasteiger partial charge in [-0.1, -0.05) is 0 Å². The quantitative estimate of drug-likeness (QED) is 0.729. The molecule has 1 aromatic rings. The Morgan fingerprint density at radius 3 is 2.64 bits per heavy atom. The topological polar surface area (TPSA) is 85.3 Å². The van der Waals surface area contributed by atoms with Gasteiger partial charge in [-0.2, -0.15) is 0 Å². The summed E-state index contributed by atoms with van der Waals surface area (Å²) in [5.74, 6) is -1.43. The largest absolute Gasteiger partial charge is 0.477 e. The van der Waals surface area contributed by atoms with E-state index < -0.39 is 11.9 Å². The standard InChI is InChI=1S/C9H12N2O3/c1-6-2-3-7(9(13)14)11(6)5-4-8(10)12/h2-3H,4-5H2,1H3,(H2,10,12)(H,13,14). The number of carbonyl (C=O) groups is 2. The van der Waals surface area contributed by atoms with Crippen molar-refractivity contribution in [1.82, 2.24) is 4.57 Å². The maximum atomic E-state index is 10.7. The molecule has 1 aromatic heterocycles. The minimum atomic E-state index is -0.998. The van der Waals surface area contributed by atoms with E-state index in [9.17, 15) is 9.59 Å². The molecule has 1 rings (SSSR count). The molecule has 1 amide bonds. The van der Waals surface area contributed by atoms with Crippen LogP contribution in [0, 0.1) is 6.92 Å². The van der Waals surface area contributed by atoms with Crippen molar-refractivity contribution in [2.45, 2.75) is 19.9 Å². The molecule has 0 unspecified atom stereocenters. The number of rotatable bonds is 4. The molecule has 3 N–H and O–H groups in total. The minimum absolute atomic E-state index is 0.149. The monoisotopic (exact) mass is 196 g/mol. The normalized spacial score (nSPS) is 10.1. The summed E-state index contributed by atoms with van der Waals surface area (Å²) in [4.78, 5) is 21.3. The van der Waals surface area contributed by atoms with Crippen molar-refractivity contribution in [3.8, 4) is 0 Å². The highest BCUT2D eigenvalue weighted by molar-refractivity contribution is 5.86. The van der Waals surface area contributed by atoms with E-state index in [2.05, 4.69) is 0 Å². The molecule has 0 saturated heterocycles. The maximum Gasteiger partial charge on any atom is 0.352 e. The van der Waals surface area contributed by atoms with Crippen LogP contribution in [0.1, 0.15) is 22.6 Å². The lowest BCUT2D eigenvalue weighted by atomic mass is 10.3. The SMILES string of the molecule is Cc1ccc(C(=O)O)n1CCC(N)=O. The molecule has 14 heavy (non-hydrogen) atoms. The summed E-state index contributed by atoms with van der Waals surface area (Å²) in [5.41, 5.74) is 5.98. The molecule has 1 heterocycles. The molecule has 0 fully saturated rings. The number of aromatic nitrogens is 1. The first-order valence-corrected chi connectivity index (χ1v) is 4.20. The maximum absolute atomic E-state index is 10.7. The predicted molar refractivity (Wildman–Crippen MR) is 49.9 cm³/mol. The van der Waals surface area contributed by atoms with Gasteiger partial charge in [-0.3, -0.25) is 4.79 Å². The van der Waals surface area contributed by atoms with E-state index in [4.69, 9.17) is 10.8 Å². The zero-order chi connectivity index (χ0) is 10.7. The Bertz CT molecular complexity index is 368. The summed E-state index contributed by atoms with van der Waals surface area (Å²) in [6.07, 6.45) is 0.149. The molecule has 5 heteroatoms. The van der Waals surface area contributed by atoms with Crippen LogP contribution in [-0.4, -0.2) is 21.6 Å². The van der Waals surface area contributed by atoms with Gasteiger partial charge in [0.05, 0.1) is 0 Å². The highest BCUT2D eigenvalue weighted by atomic mass is 16.4. The lowest BCUT2D eigenvalue weighted by molar-refractivity contribution is -0.118. The van der Waals surface area contributed by atoms with Crippen LogP contribution in [0.3, 0.4) is 0 Å². The Kier molecular flexibility index (Phi) is 2.91. The number of hydrogen-bond acceptors (Lipinski definition) is 2. The van der Waals surface area contributed by atoms with Crippen molar-refractivity contribution in [1.29, 1.82) is 0 Å². The van der Waals surface area contributed by atoms with Crippen LogP contribution in [0.5, 0.6) is 0 Å². The zero-order valence-corrected chi connectivity index (χ0v) is 7.86. The molecule has 0 radical (unpaired) electrons. The van der Waals surface area contributed by atoms with Gasteiger partial charge >= 0.3 is 5.97 Å². The predicted octanol–water partition coefficient (Wildman–Crippen LogP) is 0.370. The summed E-state index contributed by atoms with van der Waals surface area (Å²) in [5, 5.41) is 8.81. The number of carbonyl (C=O) groups excluding carboxylic acids is 1. The number of aryl methyl sites for hydroxylation is 1. The van der Waals surface area contributed by atoms with Crippen molar-refractivity contribution in [2.75, 3.05) is 0 Å². The first-order chi connectivity index (χ1) is 6.52. The fourth-order valence-electron chi connectivity index (χ4n) is 1.28. The lowest BCUT2D eigenvalue weighted by Gasteiger charge is -2.06. The summed E-state index contributed by atoms with van der Waals surface area (Å²) in [6.45, 7) is 2.10. The van der Waals surface area contributed by atoms with Gasteiger partial charge in [-0.15, -0.1) is 0 Å². The van der Waals surface area contributed by atoms with Gasteiger partial charge in [0.1, 0.15) is 5.69 Å². The number of nitrogens with zero attached hydrogens (tertiary/aromatic N) is 1. The number of amides is 1. The highest BCUT2D eigenvalue weighted by Gasteiger charge is 2.11. The molecule has 0 aliphatic heterocycles. The molecule has 0 spiro atoms. The number of primary amides is 1. The van der Waals surface area contributed by atoms with E-state index in [1.54, 1.807) is 17.6 Å². The fourth-order valence-corrected chi connectivity index (χ4v) is 1.28. The first-order valence-electron chi connectivity index (χ1n) is 4.20. The summed E-state index contributed by atoms with van der Waals surface area (Å²) >= 11 is 0. The van der Waals surface area contributed by atoms with Crippen LogP contribution in [0.2, 0.25) is 0 Å². The third kappa shape index (κ3) is 2.12. The van der Waals surface area contributed by atoms with Crippen molar-refractivity contribution in [2.24, 2.45) is 5.73 Å². The van der Waals surface area contributed by atoms with Crippen LogP contribution in [-0.2, 0) is 11.3 Å². The first kappa shape index (κ1) is 10.3. The third-order valence-corrected chi connectivity index (χ3v) is 2.00. The van der Waals surface area contributed by atoms with Crippen molar-refractivity contribution in [3.05, 3.63) is 23.5 Å². The number of hydrogen-bond donors (Lipinski definition) is 2. The Hall–Kier alpha value is -1.78. The molecule has 0 saturated carbocycles. The molecule has 0 aromatic carbocycles. The highest BCUT2D eigenvalue weighted by Crippen LogP contribution is 2.09. The molecule has 0 aliphatic carbocycles. The zero-order valence-electron chi connectivity index (χ0n) is 7.86. The average Bonchev–Trinajstić information content (AvgIpc) is 2.43. The molecule has 0 aliphatic rings. The Balaban J connectivity index is 2.88. The number of aromatic carboxylic acids is 1. The van der Waals surface area contributed by atoms with Gasteiger partial charge in [0.2, 0.25) is 5.91 Å². The lowest BCUT2D eigenvalue weighted by Crippen LogP contribution is -2.17. The Labute approximate surface area is 81.1 Å². The van der Waals surface area contributed by atoms with Crippen LogP contribution < -0.4 is 5.73 Å². The third-order valence-electron chi connectivity index (χ3n) is 2.00. The van der Waals surface area contributed by atoms with E-state index in [0.717, 1.165) is 5.69 Å². The van der Waals surface area contributed by atoms with E-state index in [-0.39, 0.29) is 12.1 Å². The van der Waals surface area contributed by atoms with Gasteiger partial charge in [-0.25, -0.2) is 4.79 Å². The number of carboxylic acid groups (broad SMARTS) is 1. The van der Waals surface area contributed by atoms with E-state index in [1.165, 1.54) is 6.07 Å². The number of nitrogens with two attached hydrogens (primary N) is 1. The second-order valence-electron chi connectivity index (χ2n) is 3.03. The van der Waals surface area contributed by atoms with Gasteiger partial charge in [-0.05, 0) is 19.1 Å². The molecule has 5 nitrogen and oxygen atoms in total. The molecular formula is C9H12N2O3. The van der Waals surface area contributed by atoms with Crippen LogP contribution in [0.25, 0.3) is 0 Å². The van der Waals surface area contributed by atoms with E-state index in [0.29, 0.717) is 6.54 Å².